The van der Waals surface area contributed by atoms with Gasteiger partial charge in [-0.3, -0.25) is 4.90 Å². The number of carbonyl (C=O) groups excluding carboxylic acids is 4. The number of esters is 4. The van der Waals surface area contributed by atoms with Gasteiger partial charge in [-0.15, -0.1) is 0 Å². The van der Waals surface area contributed by atoms with E-state index in [1.54, 1.807) is 0 Å². The van der Waals surface area contributed by atoms with Crippen molar-refractivity contribution in [2.24, 2.45) is 0 Å². The Balaban J connectivity index is 3.50. The molecule has 1 fully saturated rings. The van der Waals surface area contributed by atoms with Crippen LogP contribution in [0.1, 0.15) is 0 Å². The van der Waals surface area contributed by atoms with Crippen molar-refractivity contribution in [1.82, 2.24) is 4.90 Å². The van der Waals surface area contributed by atoms with Gasteiger partial charge in [-0.1, -0.05) is 0 Å². The molecule has 1 heterocycles. The van der Waals surface area contributed by atoms with E-state index in [1.807, 2.05) is 0 Å². The standard InChI is InChI=1S/C15H11F12NO8/c1-28-2-5(34-9(30)13(19,20)21)7(36-11(32)15(25,26)27)6(35-10(31)14(22,23)24)4(28)3-33-8(29)12(16,17)18/h4-7H,2-3H2,1H3. The second kappa shape index (κ2) is 10.5. The van der Waals surface area contributed by atoms with Crippen LogP contribution in [0.5, 0.6) is 0 Å². The van der Waals surface area contributed by atoms with Crippen LogP contribution in [0.4, 0.5) is 52.7 Å². The first-order valence-corrected chi connectivity index (χ1v) is 8.73. The largest absolute Gasteiger partial charge is 0.490 e. The van der Waals surface area contributed by atoms with E-state index >= 15 is 0 Å². The fourth-order valence-electron chi connectivity index (χ4n) is 2.65. The van der Waals surface area contributed by atoms with Crippen molar-refractivity contribution in [3.8, 4) is 0 Å². The van der Waals surface area contributed by atoms with Crippen LogP contribution in [0, 0.1) is 0 Å². The Morgan fingerprint density at radius 3 is 1.39 bits per heavy atom. The fourth-order valence-corrected chi connectivity index (χ4v) is 2.65. The van der Waals surface area contributed by atoms with Crippen molar-refractivity contribution in [2.45, 2.75) is 49.1 Å². The molecule has 9 nitrogen and oxygen atoms in total. The number of ether oxygens (including phenoxy) is 4. The molecule has 0 amide bonds. The lowest BCUT2D eigenvalue weighted by Crippen LogP contribution is -2.65. The van der Waals surface area contributed by atoms with Gasteiger partial charge in [0.15, 0.2) is 18.3 Å². The summed E-state index contributed by atoms with van der Waals surface area (Å²) in [5.41, 5.74) is 0. The molecule has 0 N–H and O–H groups in total. The third kappa shape index (κ3) is 8.29. The highest BCUT2D eigenvalue weighted by Crippen LogP contribution is 2.32. The summed E-state index contributed by atoms with van der Waals surface area (Å²) in [6.07, 6.45) is -32.2. The Morgan fingerprint density at radius 1 is 0.639 bits per heavy atom. The molecule has 36 heavy (non-hydrogen) atoms. The van der Waals surface area contributed by atoms with Crippen LogP contribution in [0.2, 0.25) is 0 Å². The van der Waals surface area contributed by atoms with Crippen LogP contribution in [-0.2, 0) is 38.1 Å². The highest BCUT2D eigenvalue weighted by atomic mass is 19.4. The minimum absolute atomic E-state index is 0.421. The monoisotopic (exact) mass is 561 g/mol. The lowest BCUT2D eigenvalue weighted by Gasteiger charge is -2.45. The van der Waals surface area contributed by atoms with Crippen LogP contribution in [0.25, 0.3) is 0 Å². The number of carbonyl (C=O) groups is 4. The number of nitrogens with zero attached hydrogens (tertiary/aromatic N) is 1. The Bertz CT molecular complexity index is 849. The molecule has 4 atom stereocenters. The molecule has 0 aromatic rings. The molecular weight excluding hydrogens is 550 g/mol. The Hall–Kier alpha value is -3.00. The number of piperidine rings is 1. The summed E-state index contributed by atoms with van der Waals surface area (Å²) in [4.78, 5) is 45.1. The van der Waals surface area contributed by atoms with Crippen LogP contribution in [0.3, 0.4) is 0 Å². The second-order valence-electron chi connectivity index (χ2n) is 6.78. The predicted molar refractivity (Wildman–Crippen MR) is 81.2 cm³/mol. The quantitative estimate of drug-likeness (QED) is 0.282. The normalized spacial score (nSPS) is 24.0. The second-order valence-corrected chi connectivity index (χ2v) is 6.78. The number of hydrogen-bond donors (Lipinski definition) is 0. The minimum atomic E-state index is -5.95. The van der Waals surface area contributed by atoms with Crippen molar-refractivity contribution in [2.75, 3.05) is 20.2 Å². The van der Waals surface area contributed by atoms with Gasteiger partial charge in [-0.25, -0.2) is 19.2 Å². The summed E-state index contributed by atoms with van der Waals surface area (Å²) in [6.45, 7) is -2.93. The maximum Gasteiger partial charge on any atom is 0.490 e. The zero-order valence-corrected chi connectivity index (χ0v) is 17.0. The zero-order chi connectivity index (χ0) is 28.4. The van der Waals surface area contributed by atoms with Gasteiger partial charge in [0.25, 0.3) is 0 Å². The van der Waals surface area contributed by atoms with Gasteiger partial charge < -0.3 is 18.9 Å². The molecule has 1 aliphatic rings. The fraction of sp³-hybridized carbons (Fsp3) is 0.733. The van der Waals surface area contributed by atoms with Gasteiger partial charge in [-0.2, -0.15) is 52.7 Å². The highest BCUT2D eigenvalue weighted by Gasteiger charge is 2.56. The van der Waals surface area contributed by atoms with E-state index in [4.69, 9.17) is 0 Å². The van der Waals surface area contributed by atoms with Gasteiger partial charge in [-0.05, 0) is 7.05 Å². The Labute approximate surface area is 190 Å². The molecule has 1 rings (SSSR count). The molecule has 4 unspecified atom stereocenters. The van der Waals surface area contributed by atoms with Crippen molar-refractivity contribution in [1.29, 1.82) is 0 Å². The molecule has 1 saturated heterocycles. The van der Waals surface area contributed by atoms with E-state index in [-0.39, 0.29) is 0 Å². The molecule has 0 radical (unpaired) electrons. The maximum absolute atomic E-state index is 12.7. The first-order valence-electron chi connectivity index (χ1n) is 8.73. The van der Waals surface area contributed by atoms with E-state index in [1.165, 1.54) is 0 Å². The molecule has 0 saturated carbocycles. The summed E-state index contributed by atoms with van der Waals surface area (Å²) < 4.78 is 166. The van der Waals surface area contributed by atoms with Crippen molar-refractivity contribution < 1.29 is 90.8 Å². The van der Waals surface area contributed by atoms with E-state index in [0.717, 1.165) is 0 Å². The maximum atomic E-state index is 12.7. The van der Waals surface area contributed by atoms with Gasteiger partial charge in [0.05, 0.1) is 6.04 Å². The lowest BCUT2D eigenvalue weighted by molar-refractivity contribution is -0.250. The summed E-state index contributed by atoms with van der Waals surface area (Å²) in [5.74, 6) is -12.6. The SMILES string of the molecule is CN1CC(OC(=O)C(F)(F)F)C(OC(=O)C(F)(F)F)C(OC(=O)C(F)(F)F)C1COC(=O)C(F)(F)F. The Kier molecular flexibility index (Phi) is 9.09. The minimum Gasteiger partial charge on any atom is -0.457 e. The first-order chi connectivity index (χ1) is 16.0. The molecule has 0 aliphatic carbocycles. The summed E-state index contributed by atoms with van der Waals surface area (Å²) in [7, 11) is 0.691. The molecule has 1 aliphatic heterocycles. The third-order valence-corrected chi connectivity index (χ3v) is 4.16. The molecule has 21 heteroatoms. The van der Waals surface area contributed by atoms with Crippen LogP contribution < -0.4 is 0 Å². The van der Waals surface area contributed by atoms with E-state index in [2.05, 4.69) is 18.9 Å². The molecule has 0 aromatic heterocycles. The smallest absolute Gasteiger partial charge is 0.457 e. The van der Waals surface area contributed by atoms with Gasteiger partial charge in [0.2, 0.25) is 0 Å². The molecular formula is C15H11F12NO8. The topological polar surface area (TPSA) is 108 Å². The number of halogens is 12. The number of rotatable bonds is 5. The van der Waals surface area contributed by atoms with Crippen LogP contribution in [-0.4, -0.2) is 98.0 Å². The molecule has 0 aromatic carbocycles. The average Bonchev–Trinajstić information content (AvgIpc) is 2.66. The van der Waals surface area contributed by atoms with Crippen molar-refractivity contribution >= 4 is 23.9 Å². The molecule has 0 bridgehead atoms. The van der Waals surface area contributed by atoms with Gasteiger partial charge in [0, 0.05) is 6.54 Å². The van der Waals surface area contributed by atoms with E-state index in [0.29, 0.717) is 11.9 Å². The van der Waals surface area contributed by atoms with E-state index < -0.39 is 86.1 Å². The predicted octanol–water partition coefficient (Wildman–Crippen LogP) is 1.83. The molecule has 0 spiro atoms. The summed E-state index contributed by atoms with van der Waals surface area (Å²) >= 11 is 0. The number of hydrogen-bond acceptors (Lipinski definition) is 9. The van der Waals surface area contributed by atoms with Crippen molar-refractivity contribution in [3.63, 3.8) is 0 Å². The van der Waals surface area contributed by atoms with Crippen molar-refractivity contribution in [3.05, 3.63) is 0 Å². The third-order valence-electron chi connectivity index (χ3n) is 4.16. The van der Waals surface area contributed by atoms with Crippen LogP contribution in [0.15, 0.2) is 0 Å². The van der Waals surface area contributed by atoms with Crippen LogP contribution >= 0.6 is 0 Å². The average molecular weight is 561 g/mol. The van der Waals surface area contributed by atoms with E-state index in [9.17, 15) is 71.9 Å². The van der Waals surface area contributed by atoms with Gasteiger partial charge >= 0.3 is 48.6 Å². The summed E-state index contributed by atoms with van der Waals surface area (Å²) in [6, 6.07) is -2.28. The number of alkyl halides is 12. The Morgan fingerprint density at radius 2 is 1.00 bits per heavy atom. The summed E-state index contributed by atoms with van der Waals surface area (Å²) in [5, 5.41) is 0. The highest BCUT2D eigenvalue weighted by molar-refractivity contribution is 5.78. The zero-order valence-electron chi connectivity index (χ0n) is 17.0. The number of likely N-dealkylation sites (tertiary alicyclic amines) is 1. The lowest BCUT2D eigenvalue weighted by atomic mass is 9.94. The molecule has 208 valence electrons. The number of likely N-dealkylation sites (N-methyl/N-ethyl adjacent to an activating group) is 1. The van der Waals surface area contributed by atoms with Gasteiger partial charge in [0.1, 0.15) is 6.61 Å². The first kappa shape index (κ1) is 31.0.